The van der Waals surface area contributed by atoms with Crippen LogP contribution in [0, 0.1) is 5.82 Å². The summed E-state index contributed by atoms with van der Waals surface area (Å²) in [6, 6.07) is 9.86. The van der Waals surface area contributed by atoms with Gasteiger partial charge in [0.1, 0.15) is 5.82 Å². The van der Waals surface area contributed by atoms with Crippen LogP contribution in [-0.4, -0.2) is 16.1 Å². The van der Waals surface area contributed by atoms with E-state index in [1.165, 1.54) is 12.1 Å². The van der Waals surface area contributed by atoms with Gasteiger partial charge in [-0.25, -0.2) is 4.39 Å². The number of aliphatic carboxylic acids is 1. The molecule has 4 heteroatoms. The van der Waals surface area contributed by atoms with E-state index in [1.807, 2.05) is 6.07 Å². The number of hydrogen-bond acceptors (Lipinski definition) is 2. The van der Waals surface area contributed by atoms with Crippen LogP contribution < -0.4 is 0 Å². The topological polar surface area (TPSA) is 50.2 Å². The Balaban J connectivity index is 2.21. The van der Waals surface area contributed by atoms with Crippen LogP contribution in [0.5, 0.6) is 0 Å². The van der Waals surface area contributed by atoms with E-state index in [0.29, 0.717) is 6.42 Å². The fourth-order valence-corrected chi connectivity index (χ4v) is 2.08. The molecule has 1 aromatic carbocycles. The monoisotopic (exact) mass is 259 g/mol. The van der Waals surface area contributed by atoms with Crippen molar-refractivity contribution >= 4 is 5.97 Å². The van der Waals surface area contributed by atoms with Crippen molar-refractivity contribution in [3.8, 4) is 0 Å². The molecule has 0 saturated heterocycles. The lowest BCUT2D eigenvalue weighted by Crippen LogP contribution is -2.09. The van der Waals surface area contributed by atoms with Crippen molar-refractivity contribution in [3.05, 3.63) is 65.7 Å². The van der Waals surface area contributed by atoms with Crippen molar-refractivity contribution in [2.75, 3.05) is 0 Å². The van der Waals surface area contributed by atoms with Crippen molar-refractivity contribution in [1.82, 2.24) is 4.98 Å². The number of rotatable bonds is 5. The number of carbonyl (C=O) groups is 1. The maximum atomic E-state index is 13.2. The molecule has 2 aromatic rings. The molecule has 0 radical (unpaired) electrons. The first-order valence-corrected chi connectivity index (χ1v) is 6.01. The van der Waals surface area contributed by atoms with E-state index in [9.17, 15) is 9.18 Å². The smallest absolute Gasteiger partial charge is 0.303 e. The third kappa shape index (κ3) is 3.88. The van der Waals surface area contributed by atoms with Crippen molar-refractivity contribution in [1.29, 1.82) is 0 Å². The molecule has 0 saturated carbocycles. The van der Waals surface area contributed by atoms with E-state index >= 15 is 0 Å². The zero-order valence-corrected chi connectivity index (χ0v) is 10.3. The molecule has 1 aromatic heterocycles. The number of nitrogens with zero attached hydrogens (tertiary/aromatic N) is 1. The normalized spacial score (nSPS) is 12.1. The number of pyridine rings is 1. The van der Waals surface area contributed by atoms with Gasteiger partial charge in [-0.2, -0.15) is 0 Å². The Hall–Kier alpha value is -2.23. The van der Waals surface area contributed by atoms with Gasteiger partial charge in [-0.3, -0.25) is 9.78 Å². The summed E-state index contributed by atoms with van der Waals surface area (Å²) < 4.78 is 13.2. The van der Waals surface area contributed by atoms with Gasteiger partial charge in [-0.05, 0) is 41.7 Å². The highest BCUT2D eigenvalue weighted by molar-refractivity contribution is 5.68. The predicted molar refractivity (Wildman–Crippen MR) is 69.3 cm³/mol. The van der Waals surface area contributed by atoms with E-state index in [2.05, 4.69) is 4.98 Å². The Labute approximate surface area is 110 Å². The molecule has 0 aliphatic heterocycles. The lowest BCUT2D eigenvalue weighted by molar-refractivity contribution is -0.137. The second kappa shape index (κ2) is 6.09. The Kier molecular flexibility index (Phi) is 4.23. The SMILES string of the molecule is O=C(O)CC(Cc1cccc(F)c1)c1cccnc1. The van der Waals surface area contributed by atoms with Crippen molar-refractivity contribution in [2.45, 2.75) is 18.8 Å². The molecule has 0 aliphatic rings. The highest BCUT2D eigenvalue weighted by Crippen LogP contribution is 2.24. The zero-order valence-electron chi connectivity index (χ0n) is 10.3. The molecule has 2 rings (SSSR count). The fraction of sp³-hybridized carbons (Fsp3) is 0.200. The molecule has 0 amide bonds. The quantitative estimate of drug-likeness (QED) is 0.897. The Morgan fingerprint density at radius 1 is 1.32 bits per heavy atom. The Morgan fingerprint density at radius 2 is 2.16 bits per heavy atom. The van der Waals surface area contributed by atoms with Crippen LogP contribution in [0.4, 0.5) is 4.39 Å². The van der Waals surface area contributed by atoms with Gasteiger partial charge in [0, 0.05) is 12.4 Å². The van der Waals surface area contributed by atoms with E-state index in [4.69, 9.17) is 5.11 Å². The number of aromatic nitrogens is 1. The minimum absolute atomic E-state index is 0.00219. The van der Waals surface area contributed by atoms with Gasteiger partial charge in [-0.1, -0.05) is 18.2 Å². The van der Waals surface area contributed by atoms with Crippen LogP contribution in [0.2, 0.25) is 0 Å². The summed E-state index contributed by atoms with van der Waals surface area (Å²) in [5.74, 6) is -1.38. The summed E-state index contributed by atoms with van der Waals surface area (Å²) in [6.07, 6.45) is 3.79. The summed E-state index contributed by atoms with van der Waals surface area (Å²) >= 11 is 0. The van der Waals surface area contributed by atoms with Gasteiger partial charge in [0.25, 0.3) is 0 Å². The van der Waals surface area contributed by atoms with Crippen LogP contribution in [0.15, 0.2) is 48.8 Å². The number of halogens is 1. The molecule has 1 heterocycles. The third-order valence-corrected chi connectivity index (χ3v) is 2.95. The van der Waals surface area contributed by atoms with Gasteiger partial charge in [0.2, 0.25) is 0 Å². The summed E-state index contributed by atoms with van der Waals surface area (Å²) in [4.78, 5) is 15.0. The van der Waals surface area contributed by atoms with Crippen LogP contribution in [0.3, 0.4) is 0 Å². The predicted octanol–water partition coefficient (Wildman–Crippen LogP) is 3.02. The molecule has 1 N–H and O–H groups in total. The molecular formula is C15H14FNO2. The van der Waals surface area contributed by atoms with E-state index in [1.54, 1.807) is 30.6 Å². The van der Waals surface area contributed by atoms with Crippen molar-refractivity contribution in [2.24, 2.45) is 0 Å². The zero-order chi connectivity index (χ0) is 13.7. The van der Waals surface area contributed by atoms with Gasteiger partial charge in [0.15, 0.2) is 0 Å². The fourth-order valence-electron chi connectivity index (χ4n) is 2.08. The first-order chi connectivity index (χ1) is 9.15. The highest BCUT2D eigenvalue weighted by Gasteiger charge is 2.16. The van der Waals surface area contributed by atoms with E-state index < -0.39 is 5.97 Å². The minimum atomic E-state index is -0.870. The second-order valence-electron chi connectivity index (χ2n) is 4.42. The van der Waals surface area contributed by atoms with Crippen LogP contribution in [0.1, 0.15) is 23.5 Å². The minimum Gasteiger partial charge on any atom is -0.481 e. The van der Waals surface area contributed by atoms with E-state index in [0.717, 1.165) is 11.1 Å². The largest absolute Gasteiger partial charge is 0.481 e. The maximum Gasteiger partial charge on any atom is 0.303 e. The Bertz CT molecular complexity index is 557. The summed E-state index contributed by atoms with van der Waals surface area (Å²) in [7, 11) is 0. The highest BCUT2D eigenvalue weighted by atomic mass is 19.1. The average molecular weight is 259 g/mol. The molecule has 0 fully saturated rings. The first-order valence-electron chi connectivity index (χ1n) is 6.01. The maximum absolute atomic E-state index is 13.2. The Morgan fingerprint density at radius 3 is 2.79 bits per heavy atom. The number of carboxylic acids is 1. The number of benzene rings is 1. The van der Waals surface area contributed by atoms with Crippen molar-refractivity contribution < 1.29 is 14.3 Å². The average Bonchev–Trinajstić information content (AvgIpc) is 2.38. The molecular weight excluding hydrogens is 245 g/mol. The van der Waals surface area contributed by atoms with Crippen molar-refractivity contribution in [3.63, 3.8) is 0 Å². The summed E-state index contributed by atoms with van der Waals surface area (Å²) in [5, 5.41) is 8.98. The molecule has 98 valence electrons. The van der Waals surface area contributed by atoms with Gasteiger partial charge in [0.05, 0.1) is 6.42 Å². The molecule has 1 unspecified atom stereocenters. The summed E-state index contributed by atoms with van der Waals surface area (Å²) in [6.45, 7) is 0. The molecule has 0 spiro atoms. The molecule has 1 atom stereocenters. The summed E-state index contributed by atoms with van der Waals surface area (Å²) in [5.41, 5.74) is 1.64. The third-order valence-electron chi connectivity index (χ3n) is 2.95. The van der Waals surface area contributed by atoms with Gasteiger partial charge < -0.3 is 5.11 Å². The van der Waals surface area contributed by atoms with E-state index in [-0.39, 0.29) is 18.2 Å². The van der Waals surface area contributed by atoms with Gasteiger partial charge >= 0.3 is 5.97 Å². The number of carboxylic acid groups (broad SMARTS) is 1. The lowest BCUT2D eigenvalue weighted by atomic mass is 9.90. The molecule has 0 aliphatic carbocycles. The first kappa shape index (κ1) is 13.2. The standard InChI is InChI=1S/C15H14FNO2/c16-14-5-1-3-11(8-14)7-13(9-15(18)19)12-4-2-6-17-10-12/h1-6,8,10,13H,7,9H2,(H,18,19). The van der Waals surface area contributed by atoms with Crippen LogP contribution in [0.25, 0.3) is 0 Å². The molecule has 19 heavy (non-hydrogen) atoms. The van der Waals surface area contributed by atoms with Crippen LogP contribution >= 0.6 is 0 Å². The lowest BCUT2D eigenvalue weighted by Gasteiger charge is -2.15. The second-order valence-corrected chi connectivity index (χ2v) is 4.42. The molecule has 3 nitrogen and oxygen atoms in total. The number of hydrogen-bond donors (Lipinski definition) is 1. The van der Waals surface area contributed by atoms with Gasteiger partial charge in [-0.15, -0.1) is 0 Å². The molecule has 0 bridgehead atoms. The van der Waals surface area contributed by atoms with Crippen LogP contribution in [-0.2, 0) is 11.2 Å².